The molecule has 33 heavy (non-hydrogen) atoms. The Morgan fingerprint density at radius 3 is 2.42 bits per heavy atom. The number of hydrogen-bond acceptors (Lipinski definition) is 3. The predicted octanol–water partition coefficient (Wildman–Crippen LogP) is 4.34. The third kappa shape index (κ3) is 6.44. The van der Waals surface area contributed by atoms with Crippen molar-refractivity contribution in [2.75, 3.05) is 20.6 Å². The number of hydrogen-bond donors (Lipinski definition) is 1. The smallest absolute Gasteiger partial charge is 0.351 e. The molecule has 0 bridgehead atoms. The Balaban J connectivity index is 1.77. The van der Waals surface area contributed by atoms with Crippen LogP contribution in [0.25, 0.3) is 5.69 Å². The van der Waals surface area contributed by atoms with Gasteiger partial charge in [0.2, 0.25) is 5.91 Å². The maximum atomic E-state index is 13.1. The van der Waals surface area contributed by atoms with E-state index in [2.05, 4.69) is 10.4 Å². The Kier molecular flexibility index (Phi) is 7.58. The molecule has 0 aliphatic heterocycles. The van der Waals surface area contributed by atoms with Crippen LogP contribution in [0.4, 0.5) is 13.2 Å². The number of aryl methyl sites for hydroxylation is 1. The number of carbonyl (C=O) groups excluding carboxylic acids is 1. The summed E-state index contributed by atoms with van der Waals surface area (Å²) in [6.07, 6.45) is -3.63. The van der Waals surface area contributed by atoms with Crippen molar-refractivity contribution in [1.82, 2.24) is 20.0 Å². The first-order valence-corrected chi connectivity index (χ1v) is 10.8. The van der Waals surface area contributed by atoms with Crippen LogP contribution >= 0.6 is 0 Å². The second-order valence-corrected chi connectivity index (χ2v) is 8.50. The molecule has 1 atom stereocenters. The summed E-state index contributed by atoms with van der Waals surface area (Å²) in [5.41, 5.74) is 2.69. The molecular weight excluding hydrogens is 429 g/mol. The number of amides is 1. The molecule has 1 heterocycles. The van der Waals surface area contributed by atoms with Crippen LogP contribution in [0.1, 0.15) is 28.1 Å². The lowest BCUT2D eigenvalue weighted by molar-refractivity contribution is -0.137. The molecule has 8 heteroatoms. The van der Waals surface area contributed by atoms with Crippen molar-refractivity contribution in [2.24, 2.45) is 0 Å². The SMILES string of the molecule is Cc1nn(-c2cccc(C(F)(F)F)c2)c(C)c1CC(=O)NC(Cc1ccccc1)CN(C)C. The van der Waals surface area contributed by atoms with E-state index in [1.807, 2.05) is 49.3 Å². The first-order valence-electron chi connectivity index (χ1n) is 10.8. The van der Waals surface area contributed by atoms with Crippen molar-refractivity contribution in [3.63, 3.8) is 0 Å². The molecule has 3 rings (SSSR count). The Labute approximate surface area is 192 Å². The summed E-state index contributed by atoms with van der Waals surface area (Å²) in [4.78, 5) is 14.9. The molecule has 2 aromatic carbocycles. The maximum absolute atomic E-state index is 13.1. The topological polar surface area (TPSA) is 50.2 Å². The molecule has 0 radical (unpaired) electrons. The second-order valence-electron chi connectivity index (χ2n) is 8.50. The summed E-state index contributed by atoms with van der Waals surface area (Å²) in [6, 6.07) is 14.9. The van der Waals surface area contributed by atoms with E-state index in [1.54, 1.807) is 19.9 Å². The van der Waals surface area contributed by atoms with Gasteiger partial charge in [0.05, 0.1) is 23.4 Å². The molecule has 1 N–H and O–H groups in total. The number of halogens is 3. The minimum absolute atomic E-state index is 0.0750. The zero-order chi connectivity index (χ0) is 24.2. The number of nitrogens with zero attached hydrogens (tertiary/aromatic N) is 3. The lowest BCUT2D eigenvalue weighted by Gasteiger charge is -2.22. The molecule has 1 aromatic heterocycles. The molecule has 0 saturated carbocycles. The van der Waals surface area contributed by atoms with E-state index in [9.17, 15) is 18.0 Å². The van der Waals surface area contributed by atoms with Gasteiger partial charge in [-0.3, -0.25) is 4.79 Å². The van der Waals surface area contributed by atoms with E-state index in [4.69, 9.17) is 0 Å². The second kappa shape index (κ2) is 10.2. The highest BCUT2D eigenvalue weighted by Crippen LogP contribution is 2.31. The highest BCUT2D eigenvalue weighted by molar-refractivity contribution is 5.79. The van der Waals surface area contributed by atoms with Crippen molar-refractivity contribution >= 4 is 5.91 Å². The van der Waals surface area contributed by atoms with Gasteiger partial charge in [-0.2, -0.15) is 18.3 Å². The molecule has 176 valence electrons. The fraction of sp³-hybridized carbons (Fsp3) is 0.360. The summed E-state index contributed by atoms with van der Waals surface area (Å²) in [6.45, 7) is 4.22. The Morgan fingerprint density at radius 2 is 1.79 bits per heavy atom. The third-order valence-electron chi connectivity index (χ3n) is 5.47. The first-order chi connectivity index (χ1) is 15.5. The van der Waals surface area contributed by atoms with Crippen LogP contribution in [-0.2, 0) is 23.8 Å². The number of alkyl halides is 3. The molecule has 0 aliphatic rings. The van der Waals surface area contributed by atoms with Crippen molar-refractivity contribution in [3.8, 4) is 5.69 Å². The Morgan fingerprint density at radius 1 is 1.09 bits per heavy atom. The van der Waals surface area contributed by atoms with Gasteiger partial charge in [-0.05, 0) is 58.1 Å². The number of benzene rings is 2. The van der Waals surface area contributed by atoms with E-state index >= 15 is 0 Å². The fourth-order valence-corrected chi connectivity index (χ4v) is 3.94. The molecular formula is C25H29F3N4O. The normalized spacial score (nSPS) is 12.7. The molecule has 0 spiro atoms. The number of aromatic nitrogens is 2. The quantitative estimate of drug-likeness (QED) is 0.546. The number of likely N-dealkylation sites (N-methyl/N-ethyl adjacent to an activating group) is 1. The average molecular weight is 459 g/mol. The van der Waals surface area contributed by atoms with Gasteiger partial charge in [0.25, 0.3) is 0 Å². The van der Waals surface area contributed by atoms with Gasteiger partial charge in [0.15, 0.2) is 0 Å². The standard InChI is InChI=1S/C25H29F3N4O/c1-17-23(18(2)32(30-17)22-12-8-11-20(14-22)25(26,27)28)15-24(33)29-21(16-31(3)4)13-19-9-6-5-7-10-19/h5-12,14,21H,13,15-16H2,1-4H3,(H,29,33). The van der Waals surface area contributed by atoms with Gasteiger partial charge >= 0.3 is 6.18 Å². The number of carbonyl (C=O) groups is 1. The van der Waals surface area contributed by atoms with E-state index in [0.29, 0.717) is 35.6 Å². The van der Waals surface area contributed by atoms with Gasteiger partial charge < -0.3 is 10.2 Å². The number of nitrogens with one attached hydrogen (secondary N) is 1. The summed E-state index contributed by atoms with van der Waals surface area (Å²) in [7, 11) is 3.91. The van der Waals surface area contributed by atoms with Gasteiger partial charge in [0, 0.05) is 23.8 Å². The van der Waals surface area contributed by atoms with Gasteiger partial charge in [-0.25, -0.2) is 4.68 Å². The van der Waals surface area contributed by atoms with Gasteiger partial charge in [0.1, 0.15) is 0 Å². The summed E-state index contributed by atoms with van der Waals surface area (Å²) in [5, 5.41) is 7.52. The van der Waals surface area contributed by atoms with Crippen LogP contribution in [0.3, 0.4) is 0 Å². The maximum Gasteiger partial charge on any atom is 0.416 e. The number of rotatable bonds is 8. The van der Waals surface area contributed by atoms with Crippen LogP contribution in [-0.4, -0.2) is 47.3 Å². The lowest BCUT2D eigenvalue weighted by atomic mass is 10.0. The van der Waals surface area contributed by atoms with Crippen LogP contribution in [0.15, 0.2) is 54.6 Å². The largest absolute Gasteiger partial charge is 0.416 e. The van der Waals surface area contributed by atoms with E-state index < -0.39 is 11.7 Å². The average Bonchev–Trinajstić information content (AvgIpc) is 3.01. The molecule has 5 nitrogen and oxygen atoms in total. The van der Waals surface area contributed by atoms with Crippen LogP contribution in [0.2, 0.25) is 0 Å². The van der Waals surface area contributed by atoms with Crippen molar-refractivity contribution in [2.45, 2.75) is 38.9 Å². The highest BCUT2D eigenvalue weighted by atomic mass is 19.4. The monoisotopic (exact) mass is 458 g/mol. The summed E-state index contributed by atoms with van der Waals surface area (Å²) in [5.74, 6) is -0.146. The third-order valence-corrected chi connectivity index (χ3v) is 5.47. The first kappa shape index (κ1) is 24.5. The summed E-state index contributed by atoms with van der Waals surface area (Å²) < 4.78 is 40.8. The predicted molar refractivity (Wildman–Crippen MR) is 122 cm³/mol. The molecule has 3 aromatic rings. The van der Waals surface area contributed by atoms with Gasteiger partial charge in [-0.15, -0.1) is 0 Å². The van der Waals surface area contributed by atoms with Crippen LogP contribution < -0.4 is 5.32 Å². The minimum atomic E-state index is -4.44. The van der Waals surface area contributed by atoms with E-state index in [-0.39, 0.29) is 18.4 Å². The highest BCUT2D eigenvalue weighted by Gasteiger charge is 2.31. The van der Waals surface area contributed by atoms with E-state index in [0.717, 1.165) is 17.7 Å². The summed E-state index contributed by atoms with van der Waals surface area (Å²) >= 11 is 0. The molecule has 0 saturated heterocycles. The van der Waals surface area contributed by atoms with Crippen molar-refractivity contribution in [3.05, 3.63) is 82.7 Å². The Hall–Kier alpha value is -3.13. The van der Waals surface area contributed by atoms with E-state index in [1.165, 1.54) is 10.7 Å². The lowest BCUT2D eigenvalue weighted by Crippen LogP contribution is -2.43. The zero-order valence-electron chi connectivity index (χ0n) is 19.3. The van der Waals surface area contributed by atoms with Crippen molar-refractivity contribution in [1.29, 1.82) is 0 Å². The minimum Gasteiger partial charge on any atom is -0.351 e. The van der Waals surface area contributed by atoms with Gasteiger partial charge in [-0.1, -0.05) is 36.4 Å². The van der Waals surface area contributed by atoms with Crippen LogP contribution in [0.5, 0.6) is 0 Å². The fourth-order valence-electron chi connectivity index (χ4n) is 3.94. The molecule has 0 fully saturated rings. The Bertz CT molecular complexity index is 1090. The van der Waals surface area contributed by atoms with Crippen LogP contribution in [0, 0.1) is 13.8 Å². The zero-order valence-corrected chi connectivity index (χ0v) is 19.3. The molecule has 1 unspecified atom stereocenters. The molecule has 0 aliphatic carbocycles. The molecule has 1 amide bonds. The van der Waals surface area contributed by atoms with Crippen molar-refractivity contribution < 1.29 is 18.0 Å².